The van der Waals surface area contributed by atoms with Gasteiger partial charge in [0.1, 0.15) is 18.2 Å². The molecule has 1 saturated heterocycles. The van der Waals surface area contributed by atoms with Gasteiger partial charge in [-0.05, 0) is 55.2 Å². The molecule has 0 unspecified atom stereocenters. The molecule has 0 amide bonds. The zero-order chi connectivity index (χ0) is 25.8. The van der Waals surface area contributed by atoms with Gasteiger partial charge in [-0.3, -0.25) is 0 Å². The number of benzene rings is 3. The molecule has 0 N–H and O–H groups in total. The molecule has 4 aromatic rings. The van der Waals surface area contributed by atoms with E-state index in [1.807, 2.05) is 48.5 Å². The van der Waals surface area contributed by atoms with Crippen molar-refractivity contribution in [2.75, 3.05) is 27.3 Å². The molecule has 0 radical (unpaired) electrons. The van der Waals surface area contributed by atoms with E-state index in [9.17, 15) is 8.42 Å². The van der Waals surface area contributed by atoms with Crippen LogP contribution in [-0.4, -0.2) is 49.6 Å². The number of para-hydroxylation sites is 3. The van der Waals surface area contributed by atoms with Crippen LogP contribution in [0.25, 0.3) is 11.0 Å². The second-order valence-electron chi connectivity index (χ2n) is 9.09. The van der Waals surface area contributed by atoms with E-state index in [-0.39, 0.29) is 4.90 Å². The molecule has 0 saturated carbocycles. The summed E-state index contributed by atoms with van der Waals surface area (Å²) >= 11 is 0. The first-order valence-corrected chi connectivity index (χ1v) is 13.8. The van der Waals surface area contributed by atoms with Gasteiger partial charge in [-0.15, -0.1) is 0 Å². The minimum Gasteiger partial charge on any atom is -0.493 e. The Labute approximate surface area is 217 Å². The molecule has 9 heteroatoms. The number of piperidine rings is 1. The number of nitrogens with zero attached hydrogens (tertiary/aromatic N) is 3. The van der Waals surface area contributed by atoms with Crippen LogP contribution < -0.4 is 14.2 Å². The fourth-order valence-electron chi connectivity index (χ4n) is 4.82. The first-order valence-electron chi connectivity index (χ1n) is 12.3. The lowest BCUT2D eigenvalue weighted by atomic mass is 9.98. The molecule has 194 valence electrons. The predicted molar refractivity (Wildman–Crippen MR) is 142 cm³/mol. The maximum absolute atomic E-state index is 13.3. The zero-order valence-corrected chi connectivity index (χ0v) is 21.9. The van der Waals surface area contributed by atoms with E-state index in [4.69, 9.17) is 19.2 Å². The van der Waals surface area contributed by atoms with Crippen LogP contribution in [0.3, 0.4) is 0 Å². The van der Waals surface area contributed by atoms with Crippen LogP contribution in [0.4, 0.5) is 0 Å². The van der Waals surface area contributed by atoms with Crippen LogP contribution in [0.15, 0.2) is 77.7 Å². The predicted octanol–water partition coefficient (Wildman–Crippen LogP) is 4.73. The summed E-state index contributed by atoms with van der Waals surface area (Å²) in [5.41, 5.74) is 2.00. The van der Waals surface area contributed by atoms with E-state index in [1.165, 1.54) is 20.3 Å². The van der Waals surface area contributed by atoms with Gasteiger partial charge in [0.25, 0.3) is 0 Å². The van der Waals surface area contributed by atoms with Crippen molar-refractivity contribution in [2.45, 2.75) is 30.9 Å². The SMILES string of the molecule is COc1ccc(S(=O)(=O)N2CCC(Cn3c(COc4ccccc4)nc4ccccc43)CC2)cc1OC. The topological polar surface area (TPSA) is 82.9 Å². The highest BCUT2D eigenvalue weighted by Gasteiger charge is 2.31. The van der Waals surface area contributed by atoms with Gasteiger partial charge in [0.05, 0.1) is 30.1 Å². The van der Waals surface area contributed by atoms with Crippen molar-refractivity contribution < 1.29 is 22.6 Å². The largest absolute Gasteiger partial charge is 0.493 e. The molecule has 0 bridgehead atoms. The highest BCUT2D eigenvalue weighted by Crippen LogP contribution is 2.32. The molecule has 3 aromatic carbocycles. The van der Waals surface area contributed by atoms with Crippen LogP contribution in [0, 0.1) is 5.92 Å². The van der Waals surface area contributed by atoms with Crippen molar-refractivity contribution in [2.24, 2.45) is 5.92 Å². The number of rotatable bonds is 9. The molecule has 1 aliphatic rings. The van der Waals surface area contributed by atoms with Crippen LogP contribution in [0.2, 0.25) is 0 Å². The Morgan fingerprint density at radius 2 is 1.59 bits per heavy atom. The van der Waals surface area contributed by atoms with Crippen LogP contribution in [-0.2, 0) is 23.2 Å². The Morgan fingerprint density at radius 3 is 2.32 bits per heavy atom. The number of fused-ring (bicyclic) bond motifs is 1. The third-order valence-electron chi connectivity index (χ3n) is 6.85. The van der Waals surface area contributed by atoms with Crippen molar-refractivity contribution in [1.82, 2.24) is 13.9 Å². The molecule has 37 heavy (non-hydrogen) atoms. The summed E-state index contributed by atoms with van der Waals surface area (Å²) in [4.78, 5) is 5.04. The number of hydrogen-bond donors (Lipinski definition) is 0. The molecule has 1 aromatic heterocycles. The second-order valence-corrected chi connectivity index (χ2v) is 11.0. The Bertz CT molecular complexity index is 1460. The molecule has 0 atom stereocenters. The molecule has 1 aliphatic heterocycles. The molecule has 5 rings (SSSR count). The Kier molecular flexibility index (Phi) is 7.34. The summed E-state index contributed by atoms with van der Waals surface area (Å²) in [6, 6.07) is 22.5. The fourth-order valence-corrected chi connectivity index (χ4v) is 6.31. The molecular weight excluding hydrogens is 490 g/mol. The van der Waals surface area contributed by atoms with Crippen molar-refractivity contribution in [3.05, 3.63) is 78.6 Å². The summed E-state index contributed by atoms with van der Waals surface area (Å²) in [6.45, 7) is 2.05. The molecule has 2 heterocycles. The van der Waals surface area contributed by atoms with Gasteiger partial charge < -0.3 is 18.8 Å². The Hall–Kier alpha value is -3.56. The van der Waals surface area contributed by atoms with Crippen molar-refractivity contribution >= 4 is 21.1 Å². The summed E-state index contributed by atoms with van der Waals surface area (Å²) in [5, 5.41) is 0. The van der Waals surface area contributed by atoms with Gasteiger partial charge in [0, 0.05) is 25.7 Å². The summed E-state index contributed by atoms with van der Waals surface area (Å²) < 4.78 is 47.0. The first kappa shape index (κ1) is 25.1. The van der Waals surface area contributed by atoms with Gasteiger partial charge in [-0.2, -0.15) is 4.31 Å². The first-order chi connectivity index (χ1) is 18.0. The minimum atomic E-state index is -3.63. The van der Waals surface area contributed by atoms with Crippen molar-refractivity contribution in [3.8, 4) is 17.2 Å². The van der Waals surface area contributed by atoms with E-state index in [2.05, 4.69) is 10.6 Å². The van der Waals surface area contributed by atoms with E-state index >= 15 is 0 Å². The van der Waals surface area contributed by atoms with Crippen LogP contribution in [0.1, 0.15) is 18.7 Å². The number of sulfonamides is 1. The molecule has 8 nitrogen and oxygen atoms in total. The normalized spacial score (nSPS) is 15.1. The van der Waals surface area contributed by atoms with Crippen LogP contribution >= 0.6 is 0 Å². The number of imidazole rings is 1. The van der Waals surface area contributed by atoms with Gasteiger partial charge >= 0.3 is 0 Å². The molecule has 1 fully saturated rings. The maximum atomic E-state index is 13.3. The quantitative estimate of drug-likeness (QED) is 0.317. The summed E-state index contributed by atoms with van der Waals surface area (Å²) in [6.07, 6.45) is 1.52. The number of ether oxygens (including phenoxy) is 3. The highest BCUT2D eigenvalue weighted by molar-refractivity contribution is 7.89. The van der Waals surface area contributed by atoms with Gasteiger partial charge in [-0.25, -0.2) is 13.4 Å². The lowest BCUT2D eigenvalue weighted by molar-refractivity contribution is 0.244. The van der Waals surface area contributed by atoms with Crippen molar-refractivity contribution in [1.29, 1.82) is 0 Å². The van der Waals surface area contributed by atoms with E-state index in [1.54, 1.807) is 16.4 Å². The van der Waals surface area contributed by atoms with Gasteiger partial charge in [0.15, 0.2) is 11.5 Å². The monoisotopic (exact) mass is 521 g/mol. The molecule has 0 spiro atoms. The van der Waals surface area contributed by atoms with E-state index in [0.29, 0.717) is 37.1 Å². The average Bonchev–Trinajstić information content (AvgIpc) is 3.29. The third-order valence-corrected chi connectivity index (χ3v) is 8.75. The molecular formula is C28H31N3O5S. The second kappa shape index (κ2) is 10.8. The Morgan fingerprint density at radius 1 is 0.892 bits per heavy atom. The standard InChI is InChI=1S/C28H31N3O5S/c1-34-26-13-12-23(18-27(26)35-2)37(32,33)30-16-14-21(15-17-30)19-31-25-11-7-6-10-24(25)29-28(31)20-36-22-8-4-3-5-9-22/h3-13,18,21H,14-17,19-20H2,1-2H3. The van der Waals surface area contributed by atoms with E-state index < -0.39 is 10.0 Å². The molecule has 0 aliphatic carbocycles. The average molecular weight is 522 g/mol. The Balaban J connectivity index is 1.29. The third kappa shape index (κ3) is 5.28. The lowest BCUT2D eigenvalue weighted by Crippen LogP contribution is -2.39. The van der Waals surface area contributed by atoms with Gasteiger partial charge in [-0.1, -0.05) is 30.3 Å². The highest BCUT2D eigenvalue weighted by atomic mass is 32.2. The minimum absolute atomic E-state index is 0.213. The van der Waals surface area contributed by atoms with E-state index in [0.717, 1.165) is 42.0 Å². The maximum Gasteiger partial charge on any atom is 0.243 e. The number of hydrogen-bond acceptors (Lipinski definition) is 6. The summed E-state index contributed by atoms with van der Waals surface area (Å²) in [5.74, 6) is 2.89. The van der Waals surface area contributed by atoms with Crippen molar-refractivity contribution in [3.63, 3.8) is 0 Å². The lowest BCUT2D eigenvalue weighted by Gasteiger charge is -2.32. The van der Waals surface area contributed by atoms with Crippen LogP contribution in [0.5, 0.6) is 17.2 Å². The number of aromatic nitrogens is 2. The van der Waals surface area contributed by atoms with Gasteiger partial charge in [0.2, 0.25) is 10.0 Å². The number of methoxy groups -OCH3 is 2. The zero-order valence-electron chi connectivity index (χ0n) is 21.0. The fraction of sp³-hybridized carbons (Fsp3) is 0.321. The summed E-state index contributed by atoms with van der Waals surface area (Å²) in [7, 11) is -0.603. The smallest absolute Gasteiger partial charge is 0.243 e.